The minimum atomic E-state index is -0.109. The van der Waals surface area contributed by atoms with E-state index in [0.29, 0.717) is 40.9 Å². The van der Waals surface area contributed by atoms with Crippen LogP contribution in [0.25, 0.3) is 17.1 Å². The summed E-state index contributed by atoms with van der Waals surface area (Å²) in [5.74, 6) is 0.487. The zero-order valence-corrected chi connectivity index (χ0v) is 15.9. The molecule has 0 saturated carbocycles. The molecule has 27 heavy (non-hydrogen) atoms. The van der Waals surface area contributed by atoms with Crippen LogP contribution in [0.2, 0.25) is 5.02 Å². The molecule has 0 radical (unpaired) electrons. The fourth-order valence-corrected chi connectivity index (χ4v) is 3.61. The number of benzene rings is 1. The molecule has 2 unspecified atom stereocenters. The molecular weight excluding hydrogens is 366 g/mol. The third-order valence-electron chi connectivity index (χ3n) is 4.49. The largest absolute Gasteiger partial charge is 0.463 e. The van der Waals surface area contributed by atoms with Crippen molar-refractivity contribution < 1.29 is 13.9 Å². The van der Waals surface area contributed by atoms with Gasteiger partial charge < -0.3 is 14.1 Å². The molecule has 1 aromatic carbocycles. The van der Waals surface area contributed by atoms with E-state index in [1.165, 1.54) is 0 Å². The van der Waals surface area contributed by atoms with E-state index in [0.717, 1.165) is 0 Å². The number of aromatic nitrogens is 2. The summed E-state index contributed by atoms with van der Waals surface area (Å²) in [6.07, 6.45) is 1.55. The lowest BCUT2D eigenvalue weighted by atomic mass is 10.2. The predicted molar refractivity (Wildman–Crippen MR) is 102 cm³/mol. The van der Waals surface area contributed by atoms with Gasteiger partial charge in [-0.25, -0.2) is 4.68 Å². The minimum Gasteiger partial charge on any atom is -0.463 e. The average Bonchev–Trinajstić information content (AvgIpc) is 3.30. The molecule has 3 heterocycles. The van der Waals surface area contributed by atoms with Crippen LogP contribution < -0.4 is 0 Å². The Hall–Kier alpha value is -2.57. The highest BCUT2D eigenvalue weighted by molar-refractivity contribution is 6.32. The Morgan fingerprint density at radius 2 is 1.89 bits per heavy atom. The number of nitrogens with zero attached hydrogens (tertiary/aromatic N) is 3. The number of carbonyl (C=O) groups excluding carboxylic acids is 1. The van der Waals surface area contributed by atoms with Crippen molar-refractivity contribution in [3.63, 3.8) is 0 Å². The van der Waals surface area contributed by atoms with E-state index in [1.54, 1.807) is 34.0 Å². The molecule has 1 saturated heterocycles. The lowest BCUT2D eigenvalue weighted by Gasteiger charge is -2.35. The number of para-hydroxylation sites is 1. The van der Waals surface area contributed by atoms with Crippen molar-refractivity contribution in [1.82, 2.24) is 14.7 Å². The van der Waals surface area contributed by atoms with Gasteiger partial charge in [0.1, 0.15) is 11.4 Å². The fraction of sp³-hybridized carbons (Fsp3) is 0.300. The molecule has 4 rings (SSSR count). The van der Waals surface area contributed by atoms with Crippen LogP contribution in [-0.4, -0.2) is 45.9 Å². The van der Waals surface area contributed by atoms with Crippen molar-refractivity contribution in [3.8, 4) is 17.1 Å². The van der Waals surface area contributed by atoms with Gasteiger partial charge in [-0.3, -0.25) is 4.79 Å². The number of morpholine rings is 1. The summed E-state index contributed by atoms with van der Waals surface area (Å²) >= 11 is 6.37. The van der Waals surface area contributed by atoms with Crippen LogP contribution in [0, 0.1) is 0 Å². The van der Waals surface area contributed by atoms with Gasteiger partial charge in [-0.15, -0.1) is 0 Å². The molecule has 1 aliphatic heterocycles. The third kappa shape index (κ3) is 3.50. The van der Waals surface area contributed by atoms with E-state index >= 15 is 0 Å². The molecule has 2 aromatic heterocycles. The van der Waals surface area contributed by atoms with Crippen molar-refractivity contribution in [1.29, 1.82) is 0 Å². The molecule has 1 fully saturated rings. The highest BCUT2D eigenvalue weighted by Crippen LogP contribution is 2.27. The van der Waals surface area contributed by atoms with Crippen molar-refractivity contribution in [2.75, 3.05) is 13.1 Å². The second kappa shape index (κ2) is 7.21. The lowest BCUT2D eigenvalue weighted by molar-refractivity contribution is -0.0588. The van der Waals surface area contributed by atoms with Crippen LogP contribution in [0.1, 0.15) is 24.3 Å². The normalized spacial score (nSPS) is 20.0. The van der Waals surface area contributed by atoms with Gasteiger partial charge in [-0.2, -0.15) is 5.10 Å². The van der Waals surface area contributed by atoms with Crippen LogP contribution >= 0.6 is 11.6 Å². The maximum atomic E-state index is 13.3. The summed E-state index contributed by atoms with van der Waals surface area (Å²) in [6.45, 7) is 5.01. The summed E-state index contributed by atoms with van der Waals surface area (Å²) < 4.78 is 12.8. The predicted octanol–water partition coefficient (Wildman–Crippen LogP) is 4.04. The first-order valence-corrected chi connectivity index (χ1v) is 9.24. The summed E-state index contributed by atoms with van der Waals surface area (Å²) in [5.41, 5.74) is 1.67. The summed E-state index contributed by atoms with van der Waals surface area (Å²) in [5, 5.41) is 5.12. The van der Waals surface area contributed by atoms with Crippen LogP contribution in [0.15, 0.2) is 53.1 Å². The maximum absolute atomic E-state index is 13.3. The van der Waals surface area contributed by atoms with E-state index in [2.05, 4.69) is 5.10 Å². The van der Waals surface area contributed by atoms with Gasteiger partial charge in [0.2, 0.25) is 0 Å². The Kier molecular flexibility index (Phi) is 4.76. The van der Waals surface area contributed by atoms with Crippen LogP contribution in [-0.2, 0) is 4.74 Å². The van der Waals surface area contributed by atoms with E-state index in [4.69, 9.17) is 20.8 Å². The Morgan fingerprint density at radius 1 is 1.15 bits per heavy atom. The topological polar surface area (TPSA) is 60.5 Å². The monoisotopic (exact) mass is 385 g/mol. The smallest absolute Gasteiger partial charge is 0.272 e. The molecule has 0 N–H and O–H groups in total. The Morgan fingerprint density at radius 3 is 2.56 bits per heavy atom. The van der Waals surface area contributed by atoms with Crippen molar-refractivity contribution in [3.05, 3.63) is 59.4 Å². The average molecular weight is 386 g/mol. The number of carbonyl (C=O) groups is 1. The number of hydrogen-bond donors (Lipinski definition) is 0. The molecule has 3 aromatic rings. The molecule has 1 amide bonds. The second-order valence-electron chi connectivity index (χ2n) is 6.72. The van der Waals surface area contributed by atoms with E-state index in [1.807, 2.05) is 38.1 Å². The van der Waals surface area contributed by atoms with Gasteiger partial charge >= 0.3 is 0 Å². The molecule has 140 valence electrons. The SMILES string of the molecule is CC1CN(C(=O)c2cc(-c3ccco3)nn2-c2ccccc2Cl)CC(C)O1. The number of rotatable bonds is 3. The number of hydrogen-bond acceptors (Lipinski definition) is 4. The molecule has 2 atom stereocenters. The Bertz CT molecular complexity index is 941. The molecule has 0 bridgehead atoms. The summed E-state index contributed by atoms with van der Waals surface area (Å²) in [6, 6.07) is 12.7. The Balaban J connectivity index is 1.79. The first-order chi connectivity index (χ1) is 13.0. The molecule has 1 aliphatic rings. The van der Waals surface area contributed by atoms with Crippen molar-refractivity contribution in [2.45, 2.75) is 26.1 Å². The van der Waals surface area contributed by atoms with E-state index in [-0.39, 0.29) is 18.1 Å². The molecule has 0 aliphatic carbocycles. The molecule has 6 nitrogen and oxygen atoms in total. The summed E-state index contributed by atoms with van der Waals surface area (Å²) in [4.78, 5) is 15.1. The first kappa shape index (κ1) is 17.8. The van der Waals surface area contributed by atoms with Crippen LogP contribution in [0.3, 0.4) is 0 Å². The fourth-order valence-electron chi connectivity index (χ4n) is 3.39. The maximum Gasteiger partial charge on any atom is 0.272 e. The van der Waals surface area contributed by atoms with Gasteiger partial charge in [0, 0.05) is 19.2 Å². The third-order valence-corrected chi connectivity index (χ3v) is 4.81. The lowest BCUT2D eigenvalue weighted by Crippen LogP contribution is -2.48. The van der Waals surface area contributed by atoms with Gasteiger partial charge in [-0.1, -0.05) is 23.7 Å². The van der Waals surface area contributed by atoms with Gasteiger partial charge in [0.05, 0.1) is 29.2 Å². The molecule has 7 heteroatoms. The van der Waals surface area contributed by atoms with E-state index in [9.17, 15) is 4.79 Å². The highest BCUT2D eigenvalue weighted by atomic mass is 35.5. The summed E-state index contributed by atoms with van der Waals surface area (Å²) in [7, 11) is 0. The number of amides is 1. The minimum absolute atomic E-state index is 0.0149. The quantitative estimate of drug-likeness (QED) is 0.682. The molecule has 0 spiro atoms. The van der Waals surface area contributed by atoms with Gasteiger partial charge in [0.25, 0.3) is 5.91 Å². The van der Waals surface area contributed by atoms with Crippen molar-refractivity contribution in [2.24, 2.45) is 0 Å². The number of ether oxygens (including phenoxy) is 1. The Labute approximate surface area is 162 Å². The van der Waals surface area contributed by atoms with Crippen LogP contribution in [0.5, 0.6) is 0 Å². The first-order valence-electron chi connectivity index (χ1n) is 8.86. The zero-order valence-electron chi connectivity index (χ0n) is 15.1. The number of halogens is 1. The van der Waals surface area contributed by atoms with Gasteiger partial charge in [-0.05, 0) is 38.1 Å². The van der Waals surface area contributed by atoms with Crippen LogP contribution in [0.4, 0.5) is 0 Å². The zero-order chi connectivity index (χ0) is 19.0. The molecular formula is C20H20ClN3O3. The van der Waals surface area contributed by atoms with E-state index < -0.39 is 0 Å². The standard InChI is InChI=1S/C20H20ClN3O3/c1-13-11-23(12-14(2)27-13)20(25)18-10-16(19-8-5-9-26-19)22-24(18)17-7-4-3-6-15(17)21/h3-10,13-14H,11-12H2,1-2H3. The number of furan rings is 1. The highest BCUT2D eigenvalue weighted by Gasteiger charge is 2.30. The van der Waals surface area contributed by atoms with Crippen molar-refractivity contribution >= 4 is 17.5 Å². The van der Waals surface area contributed by atoms with Gasteiger partial charge in [0.15, 0.2) is 5.76 Å². The second-order valence-corrected chi connectivity index (χ2v) is 7.13.